The number of nitrogens with zero attached hydrogens (tertiary/aromatic N) is 3. The first-order valence-electron chi connectivity index (χ1n) is 11.1. The summed E-state index contributed by atoms with van der Waals surface area (Å²) in [5.41, 5.74) is 1.64. The molecule has 0 saturated carbocycles. The van der Waals surface area contributed by atoms with E-state index < -0.39 is 11.9 Å². The van der Waals surface area contributed by atoms with Gasteiger partial charge in [0.2, 0.25) is 0 Å². The van der Waals surface area contributed by atoms with E-state index in [1.165, 1.54) is 15.0 Å². The van der Waals surface area contributed by atoms with Crippen LogP contribution >= 0.6 is 0 Å². The smallest absolute Gasteiger partial charge is 0.300 e. The molecule has 0 fully saturated rings. The maximum absolute atomic E-state index is 13.1. The third kappa shape index (κ3) is 6.18. The molecule has 1 aromatic carbocycles. The largest absolute Gasteiger partial charge is 0.481 e. The number of pyridine rings is 2. The average molecular weight is 478 g/mol. The molecule has 0 bridgehead atoms. The Morgan fingerprint density at radius 1 is 1.11 bits per heavy atom. The number of hydrogen-bond acceptors (Lipinski definition) is 6. The highest BCUT2D eigenvalue weighted by molar-refractivity contribution is 5.96. The summed E-state index contributed by atoms with van der Waals surface area (Å²) in [5, 5.41) is 28.4. The highest BCUT2D eigenvalue weighted by Gasteiger charge is 2.17. The Labute approximate surface area is 200 Å². The molecule has 3 aromatic heterocycles. The molecule has 0 atom stereocenters. The molecule has 4 N–H and O–H groups in total. The number of aromatic nitrogens is 3. The summed E-state index contributed by atoms with van der Waals surface area (Å²) < 4.78 is 2.94. The lowest BCUT2D eigenvalue weighted by molar-refractivity contribution is -0.134. The first-order chi connectivity index (χ1) is 16.8. The fourth-order valence-electron chi connectivity index (χ4n) is 3.57. The van der Waals surface area contributed by atoms with Crippen molar-refractivity contribution in [3.05, 3.63) is 87.8 Å². The molecule has 10 heteroatoms. The first kappa shape index (κ1) is 25.3. The van der Waals surface area contributed by atoms with Crippen molar-refractivity contribution in [1.82, 2.24) is 19.3 Å². The first-order valence-corrected chi connectivity index (χ1v) is 11.1. The quantitative estimate of drug-likeness (QED) is 0.297. The van der Waals surface area contributed by atoms with E-state index in [0.717, 1.165) is 12.5 Å². The lowest BCUT2D eigenvalue weighted by Gasteiger charge is -2.14. The summed E-state index contributed by atoms with van der Waals surface area (Å²) in [5.74, 6) is -1.25. The van der Waals surface area contributed by atoms with Crippen molar-refractivity contribution < 1.29 is 19.8 Å². The maximum Gasteiger partial charge on any atom is 0.300 e. The molecule has 10 nitrogen and oxygen atoms in total. The van der Waals surface area contributed by atoms with Crippen LogP contribution in [-0.4, -0.2) is 49.2 Å². The number of hydrogen-bond donors (Lipinski definition) is 4. The Balaban J connectivity index is 0.000000795. The fraction of sp³-hybridized carbons (Fsp3) is 0.240. The van der Waals surface area contributed by atoms with Crippen molar-refractivity contribution in [3.63, 3.8) is 0 Å². The summed E-state index contributed by atoms with van der Waals surface area (Å²) in [4.78, 5) is 39.5. The third-order valence-corrected chi connectivity index (χ3v) is 5.14. The highest BCUT2D eigenvalue weighted by atomic mass is 16.4. The van der Waals surface area contributed by atoms with Crippen molar-refractivity contribution in [3.8, 4) is 0 Å². The van der Waals surface area contributed by atoms with E-state index in [2.05, 4.69) is 10.3 Å². The van der Waals surface area contributed by atoms with Gasteiger partial charge >= 0.3 is 0 Å². The third-order valence-electron chi connectivity index (χ3n) is 5.14. The number of aryl methyl sites for hydroxylation is 1. The van der Waals surface area contributed by atoms with E-state index in [9.17, 15) is 14.7 Å². The molecule has 0 aliphatic heterocycles. The Hall–Kier alpha value is -4.31. The monoisotopic (exact) mass is 477 g/mol. The topological polar surface area (TPSA) is 150 Å². The summed E-state index contributed by atoms with van der Waals surface area (Å²) in [6, 6.07) is 16.5. The van der Waals surface area contributed by atoms with Crippen molar-refractivity contribution in [2.75, 3.05) is 13.2 Å². The maximum atomic E-state index is 13.1. The second-order valence-corrected chi connectivity index (χ2v) is 7.73. The highest BCUT2D eigenvalue weighted by Crippen LogP contribution is 2.11. The predicted molar refractivity (Wildman–Crippen MR) is 130 cm³/mol. The van der Waals surface area contributed by atoms with Crippen LogP contribution in [0.4, 0.5) is 0 Å². The van der Waals surface area contributed by atoms with Crippen LogP contribution in [0, 0.1) is 5.41 Å². The Kier molecular flexibility index (Phi) is 8.47. The van der Waals surface area contributed by atoms with Gasteiger partial charge in [-0.25, -0.2) is 4.98 Å². The van der Waals surface area contributed by atoms with Crippen LogP contribution < -0.4 is 16.4 Å². The zero-order valence-corrected chi connectivity index (χ0v) is 19.3. The predicted octanol–water partition coefficient (Wildman–Crippen LogP) is 1.57. The van der Waals surface area contributed by atoms with Gasteiger partial charge in [0.1, 0.15) is 16.8 Å². The van der Waals surface area contributed by atoms with E-state index in [4.69, 9.17) is 15.3 Å². The van der Waals surface area contributed by atoms with Gasteiger partial charge in [-0.3, -0.25) is 24.2 Å². The SMILES string of the molecule is CC(=O)O.N=c1c(C(=O)NCCc2ccccc2)cc2c(=O)n3ccccc3nc2n1CCCO. The normalized spacial score (nSPS) is 10.6. The van der Waals surface area contributed by atoms with E-state index in [-0.39, 0.29) is 35.1 Å². The summed E-state index contributed by atoms with van der Waals surface area (Å²) >= 11 is 0. The lowest BCUT2D eigenvalue weighted by Crippen LogP contribution is -2.35. The van der Waals surface area contributed by atoms with Gasteiger partial charge in [-0.2, -0.15) is 0 Å². The lowest BCUT2D eigenvalue weighted by atomic mass is 10.1. The molecule has 1 amide bonds. The number of nitrogens with one attached hydrogen (secondary N) is 2. The van der Waals surface area contributed by atoms with Gasteiger partial charge in [-0.05, 0) is 36.6 Å². The van der Waals surface area contributed by atoms with Crippen LogP contribution in [-0.2, 0) is 17.8 Å². The number of carbonyl (C=O) groups is 2. The van der Waals surface area contributed by atoms with Crippen LogP contribution in [0.2, 0.25) is 0 Å². The summed E-state index contributed by atoms with van der Waals surface area (Å²) in [6.07, 6.45) is 2.66. The summed E-state index contributed by atoms with van der Waals surface area (Å²) in [7, 11) is 0. The van der Waals surface area contributed by atoms with Crippen molar-refractivity contribution in [2.24, 2.45) is 0 Å². The zero-order valence-electron chi connectivity index (χ0n) is 19.3. The van der Waals surface area contributed by atoms with Gasteiger partial charge in [-0.1, -0.05) is 36.4 Å². The number of carboxylic acids is 1. The average Bonchev–Trinajstić information content (AvgIpc) is 2.84. The van der Waals surface area contributed by atoms with Gasteiger partial charge in [0.15, 0.2) is 0 Å². The number of aliphatic hydroxyl groups excluding tert-OH is 1. The molecular weight excluding hydrogens is 450 g/mol. The second-order valence-electron chi connectivity index (χ2n) is 7.73. The Morgan fingerprint density at radius 2 is 1.80 bits per heavy atom. The molecule has 182 valence electrons. The van der Waals surface area contributed by atoms with E-state index >= 15 is 0 Å². The van der Waals surface area contributed by atoms with Crippen molar-refractivity contribution in [2.45, 2.75) is 26.3 Å². The molecule has 0 spiro atoms. The number of aliphatic carboxylic acids is 1. The number of aliphatic hydroxyl groups is 1. The number of rotatable bonds is 7. The van der Waals surface area contributed by atoms with Crippen molar-refractivity contribution in [1.29, 1.82) is 5.41 Å². The van der Waals surface area contributed by atoms with Gasteiger partial charge in [0, 0.05) is 32.8 Å². The summed E-state index contributed by atoms with van der Waals surface area (Å²) in [6.45, 7) is 1.69. The molecule has 0 aliphatic rings. The standard InChI is InChI=1S/C23H23N5O3.C2H4O2/c24-20-17(22(30)25-11-10-16-7-2-1-3-8-16)15-18-21(28(20)13-6-14-29)26-19-9-4-5-12-27(19)23(18)31;1-2(3)4/h1-5,7-9,12,15,24,29H,6,10-11,13-14H2,(H,25,30);1H3,(H,3,4). The van der Waals surface area contributed by atoms with E-state index in [1.807, 2.05) is 30.3 Å². The van der Waals surface area contributed by atoms with Gasteiger partial charge < -0.3 is 20.1 Å². The second kappa shape index (κ2) is 11.7. The zero-order chi connectivity index (χ0) is 25.4. The van der Waals surface area contributed by atoms with Gasteiger partial charge in [0.05, 0.1) is 10.9 Å². The van der Waals surface area contributed by atoms with Crippen LogP contribution in [0.25, 0.3) is 16.7 Å². The van der Waals surface area contributed by atoms with Crippen LogP contribution in [0.3, 0.4) is 0 Å². The fourth-order valence-corrected chi connectivity index (χ4v) is 3.57. The molecule has 0 aliphatic carbocycles. The van der Waals surface area contributed by atoms with Crippen molar-refractivity contribution >= 4 is 28.6 Å². The molecule has 3 heterocycles. The van der Waals surface area contributed by atoms with E-state index in [0.29, 0.717) is 30.7 Å². The Morgan fingerprint density at radius 3 is 2.49 bits per heavy atom. The Bertz CT molecular complexity index is 1460. The van der Waals surface area contributed by atoms with E-state index in [1.54, 1.807) is 24.4 Å². The molecule has 4 rings (SSSR count). The number of amides is 1. The number of carboxylic acid groups (broad SMARTS) is 1. The molecule has 4 aromatic rings. The van der Waals surface area contributed by atoms with Gasteiger partial charge in [0.25, 0.3) is 17.4 Å². The number of carbonyl (C=O) groups excluding carboxylic acids is 1. The molecule has 0 saturated heterocycles. The number of fused-ring (bicyclic) bond motifs is 2. The minimum atomic E-state index is -0.833. The van der Waals surface area contributed by atoms with Crippen LogP contribution in [0.15, 0.2) is 65.6 Å². The minimum absolute atomic E-state index is 0.0367. The molecule has 0 unspecified atom stereocenters. The molecule has 35 heavy (non-hydrogen) atoms. The molecular formula is C25H27N5O5. The minimum Gasteiger partial charge on any atom is -0.481 e. The molecule has 0 radical (unpaired) electrons. The van der Waals surface area contributed by atoms with Crippen LogP contribution in [0.1, 0.15) is 29.3 Å². The number of benzene rings is 1. The van der Waals surface area contributed by atoms with Crippen LogP contribution in [0.5, 0.6) is 0 Å². The van der Waals surface area contributed by atoms with Gasteiger partial charge in [-0.15, -0.1) is 0 Å².